The highest BCUT2D eigenvalue weighted by atomic mass is 16.5. The van der Waals surface area contributed by atoms with E-state index in [0.29, 0.717) is 12.0 Å². The summed E-state index contributed by atoms with van der Waals surface area (Å²) >= 11 is 0. The minimum Gasteiger partial charge on any atom is -0.507 e. The molecule has 174 valence electrons. The maximum atomic E-state index is 13.5. The van der Waals surface area contributed by atoms with E-state index in [9.17, 15) is 29.7 Å². The number of aromatic hydroxyl groups is 1. The first-order valence-electron chi connectivity index (χ1n) is 11.0. The Labute approximate surface area is 195 Å². The van der Waals surface area contributed by atoms with Crippen LogP contribution in [0.2, 0.25) is 0 Å². The molecule has 3 aliphatic carbocycles. The molecule has 2 aromatic rings. The van der Waals surface area contributed by atoms with Crippen LogP contribution < -0.4 is 5.73 Å². The van der Waals surface area contributed by atoms with Crippen molar-refractivity contribution in [1.29, 1.82) is 0 Å². The molecule has 1 saturated carbocycles. The van der Waals surface area contributed by atoms with Gasteiger partial charge in [-0.1, -0.05) is 42.5 Å². The maximum absolute atomic E-state index is 13.5. The average molecular weight is 461 g/mol. The number of primary amides is 1. The van der Waals surface area contributed by atoms with Crippen LogP contribution in [0.1, 0.15) is 29.5 Å². The number of carbonyl (C=O) groups is 3. The van der Waals surface area contributed by atoms with E-state index >= 15 is 0 Å². The molecule has 5 rings (SSSR count). The van der Waals surface area contributed by atoms with E-state index in [4.69, 9.17) is 10.5 Å². The number of phenols is 1. The van der Waals surface area contributed by atoms with Crippen LogP contribution in [0, 0.1) is 11.8 Å². The van der Waals surface area contributed by atoms with Gasteiger partial charge in [-0.15, -0.1) is 0 Å². The topological polar surface area (TPSA) is 147 Å². The van der Waals surface area contributed by atoms with E-state index in [2.05, 4.69) is 0 Å². The zero-order valence-electron chi connectivity index (χ0n) is 18.2. The highest BCUT2D eigenvalue weighted by Gasteiger charge is 2.61. The number of allylic oxidation sites excluding steroid dienone is 1. The van der Waals surface area contributed by atoms with Crippen LogP contribution in [-0.4, -0.2) is 38.4 Å². The van der Waals surface area contributed by atoms with E-state index in [1.165, 1.54) is 6.07 Å². The van der Waals surface area contributed by atoms with Gasteiger partial charge in [-0.3, -0.25) is 14.4 Å². The second-order valence-corrected chi connectivity index (χ2v) is 8.97. The molecule has 3 atom stereocenters. The largest absolute Gasteiger partial charge is 0.507 e. The van der Waals surface area contributed by atoms with Crippen molar-refractivity contribution < 1.29 is 34.4 Å². The number of rotatable bonds is 4. The fourth-order valence-electron chi connectivity index (χ4n) is 5.41. The van der Waals surface area contributed by atoms with E-state index in [0.717, 1.165) is 5.56 Å². The van der Waals surface area contributed by atoms with Crippen molar-refractivity contribution in [3.8, 4) is 5.75 Å². The van der Waals surface area contributed by atoms with Crippen molar-refractivity contribution in [1.82, 2.24) is 0 Å². The van der Waals surface area contributed by atoms with Crippen LogP contribution in [0.25, 0.3) is 5.76 Å². The monoisotopic (exact) mass is 461 g/mol. The van der Waals surface area contributed by atoms with Crippen LogP contribution in [0.15, 0.2) is 65.4 Å². The molecule has 8 nitrogen and oxygen atoms in total. The lowest BCUT2D eigenvalue weighted by atomic mass is 9.58. The third-order valence-electron chi connectivity index (χ3n) is 7.03. The zero-order chi connectivity index (χ0) is 24.2. The van der Waals surface area contributed by atoms with Crippen molar-refractivity contribution in [3.63, 3.8) is 0 Å². The molecule has 0 bridgehead atoms. The summed E-state index contributed by atoms with van der Waals surface area (Å²) in [6.07, 6.45) is 0.519. The van der Waals surface area contributed by atoms with Gasteiger partial charge in [0.05, 0.1) is 5.56 Å². The van der Waals surface area contributed by atoms with Gasteiger partial charge >= 0.3 is 0 Å². The quantitative estimate of drug-likeness (QED) is 0.403. The number of ether oxygens (including phenoxy) is 1. The summed E-state index contributed by atoms with van der Waals surface area (Å²) in [4.78, 5) is 39.1. The Hall–Kier alpha value is -3.91. The van der Waals surface area contributed by atoms with Crippen LogP contribution in [0.3, 0.4) is 0 Å². The molecule has 1 amide bonds. The summed E-state index contributed by atoms with van der Waals surface area (Å²) in [7, 11) is 0. The van der Waals surface area contributed by atoms with E-state index in [1.54, 1.807) is 12.1 Å². The fourth-order valence-corrected chi connectivity index (χ4v) is 5.41. The third-order valence-corrected chi connectivity index (χ3v) is 7.03. The van der Waals surface area contributed by atoms with Gasteiger partial charge in [0.15, 0.2) is 5.60 Å². The first kappa shape index (κ1) is 21.9. The number of phenolic OH excluding ortho intramolecular Hbond substituents is 1. The van der Waals surface area contributed by atoms with Crippen LogP contribution in [0.4, 0.5) is 0 Å². The van der Waals surface area contributed by atoms with Crippen molar-refractivity contribution >= 4 is 23.2 Å². The Bertz CT molecular complexity index is 1290. The first-order chi connectivity index (χ1) is 16.2. The van der Waals surface area contributed by atoms with Crippen molar-refractivity contribution in [2.45, 2.75) is 31.5 Å². The molecule has 34 heavy (non-hydrogen) atoms. The fraction of sp³-hybridized carbons (Fsp3) is 0.269. The normalized spacial score (nSPS) is 26.0. The number of aliphatic hydroxyl groups excluding tert-OH is 1. The minimum absolute atomic E-state index is 0.0312. The molecule has 0 aliphatic heterocycles. The van der Waals surface area contributed by atoms with E-state index < -0.39 is 46.2 Å². The molecule has 2 aromatic carbocycles. The number of hydrogen-bond donors (Lipinski definition) is 4. The Morgan fingerprint density at radius 3 is 2.47 bits per heavy atom. The molecule has 5 N–H and O–H groups in total. The second-order valence-electron chi connectivity index (χ2n) is 8.97. The Balaban J connectivity index is 1.56. The summed E-state index contributed by atoms with van der Waals surface area (Å²) in [5.41, 5.74) is 3.86. The molecule has 0 spiro atoms. The number of fused-ring (bicyclic) bond motifs is 3. The molecule has 0 saturated heterocycles. The number of carbonyl (C=O) groups excluding carboxylic acids is 3. The summed E-state index contributed by atoms with van der Waals surface area (Å²) in [6, 6.07) is 13.9. The average Bonchev–Trinajstić information content (AvgIpc) is 2.80. The van der Waals surface area contributed by atoms with Crippen molar-refractivity contribution in [3.05, 3.63) is 82.1 Å². The summed E-state index contributed by atoms with van der Waals surface area (Å²) in [6.45, 7) is 0.0847. The molecule has 8 heteroatoms. The van der Waals surface area contributed by atoms with Gasteiger partial charge in [0.1, 0.15) is 29.4 Å². The maximum Gasteiger partial charge on any atom is 0.255 e. The Morgan fingerprint density at radius 1 is 1.03 bits per heavy atom. The number of ketones is 2. The molecule has 0 aromatic heterocycles. The predicted octanol–water partition coefficient (Wildman–Crippen LogP) is 2.08. The molecule has 0 radical (unpaired) electrons. The van der Waals surface area contributed by atoms with Gasteiger partial charge in [-0.2, -0.15) is 0 Å². The van der Waals surface area contributed by atoms with Gasteiger partial charge < -0.3 is 25.8 Å². The lowest BCUT2D eigenvalue weighted by molar-refractivity contribution is -0.158. The van der Waals surface area contributed by atoms with Crippen molar-refractivity contribution in [2.24, 2.45) is 17.6 Å². The predicted molar refractivity (Wildman–Crippen MR) is 120 cm³/mol. The highest BCUT2D eigenvalue weighted by molar-refractivity contribution is 6.32. The number of aliphatic hydroxyl groups is 2. The smallest absolute Gasteiger partial charge is 0.255 e. The standard InChI is InChI=1S/C26H23NO7/c27-25(32)21-18(34-12-13-5-2-1-3-6-13)11-16-10-15-9-14-7-4-8-17(28)19(14)22(29)20(15)23(30)26(16,33)24(21)31/h1-8,15-16,28-29,33H,9-12H2,(H2,27,32)/t15-,16-,26-/m0/s1. The summed E-state index contributed by atoms with van der Waals surface area (Å²) in [5, 5.41) is 32.5. The van der Waals surface area contributed by atoms with Gasteiger partial charge in [0.25, 0.3) is 5.91 Å². The molecular weight excluding hydrogens is 438 g/mol. The summed E-state index contributed by atoms with van der Waals surface area (Å²) in [5.74, 6) is -5.12. The van der Waals surface area contributed by atoms with Gasteiger partial charge in [-0.05, 0) is 36.0 Å². The molecular formula is C26H23NO7. The molecule has 0 unspecified atom stereocenters. The molecule has 3 aliphatic rings. The van der Waals surface area contributed by atoms with Crippen LogP contribution in [0.5, 0.6) is 5.75 Å². The van der Waals surface area contributed by atoms with Gasteiger partial charge in [0, 0.05) is 17.9 Å². The van der Waals surface area contributed by atoms with Crippen LogP contribution >= 0.6 is 0 Å². The molecule has 0 heterocycles. The SMILES string of the molecule is NC(=O)C1=C(OCc2ccccc2)C[C@@H]2C[C@@H]3Cc4cccc(O)c4C(O)=C3C(=O)[C@]2(O)C1=O. The number of hydrogen-bond acceptors (Lipinski definition) is 7. The first-order valence-corrected chi connectivity index (χ1v) is 11.0. The number of amides is 1. The highest BCUT2D eigenvalue weighted by Crippen LogP contribution is 2.51. The third kappa shape index (κ3) is 3.13. The number of benzene rings is 2. The van der Waals surface area contributed by atoms with E-state index in [1.807, 2.05) is 30.3 Å². The lowest BCUT2D eigenvalue weighted by Crippen LogP contribution is -2.61. The van der Waals surface area contributed by atoms with Crippen LogP contribution in [-0.2, 0) is 32.1 Å². The van der Waals surface area contributed by atoms with Gasteiger partial charge in [-0.25, -0.2) is 0 Å². The Morgan fingerprint density at radius 2 is 1.76 bits per heavy atom. The van der Waals surface area contributed by atoms with Crippen molar-refractivity contribution in [2.75, 3.05) is 0 Å². The Kier molecular flexibility index (Phi) is 5.06. The zero-order valence-corrected chi connectivity index (χ0v) is 18.2. The van der Waals surface area contributed by atoms with Gasteiger partial charge in [0.2, 0.25) is 11.6 Å². The molecule has 1 fully saturated rings. The minimum atomic E-state index is -2.55. The number of Topliss-reactive ketones (excluding diaryl/α,β-unsaturated/α-hetero) is 2. The second kappa shape index (κ2) is 7.85. The summed E-state index contributed by atoms with van der Waals surface area (Å²) < 4.78 is 5.81. The number of nitrogens with two attached hydrogens (primary N) is 1. The van der Waals surface area contributed by atoms with E-state index in [-0.39, 0.29) is 42.1 Å². The lowest BCUT2D eigenvalue weighted by Gasteiger charge is -2.46.